The fourth-order valence-electron chi connectivity index (χ4n) is 2.63. The molecule has 0 bridgehead atoms. The van der Waals surface area contributed by atoms with Gasteiger partial charge in [-0.25, -0.2) is 4.98 Å². The van der Waals surface area contributed by atoms with Crippen LogP contribution in [0.25, 0.3) is 22.2 Å². The van der Waals surface area contributed by atoms with E-state index in [1.807, 2.05) is 6.07 Å². The molecule has 1 heterocycles. The smallest absolute Gasteiger partial charge is 0.0863 e. The van der Waals surface area contributed by atoms with E-state index >= 15 is 0 Å². The highest BCUT2D eigenvalue weighted by atomic mass is 127. The van der Waals surface area contributed by atoms with Crippen LogP contribution in [0.15, 0.2) is 48.5 Å². The average Bonchev–Trinajstić information content (AvgIpc) is 2.51. The third kappa shape index (κ3) is 2.62. The van der Waals surface area contributed by atoms with Crippen LogP contribution in [0.5, 0.6) is 0 Å². The molecule has 3 aromatic rings. The maximum atomic E-state index is 4.94. The first-order chi connectivity index (χ1) is 10.2. The molecule has 1 N–H and O–H groups in total. The van der Waals surface area contributed by atoms with E-state index in [1.54, 1.807) is 0 Å². The van der Waals surface area contributed by atoms with Gasteiger partial charge in [0.2, 0.25) is 0 Å². The lowest BCUT2D eigenvalue weighted by Gasteiger charge is -2.16. The van der Waals surface area contributed by atoms with Crippen molar-refractivity contribution in [2.45, 2.75) is 13.8 Å². The summed E-state index contributed by atoms with van der Waals surface area (Å²) in [4.78, 5) is 4.94. The van der Waals surface area contributed by atoms with E-state index in [-0.39, 0.29) is 0 Å². The Balaban J connectivity index is 2.36. The minimum absolute atomic E-state index is 0.902. The molecule has 0 aliphatic rings. The lowest BCUT2D eigenvalue weighted by Crippen LogP contribution is -2.03. The molecule has 0 saturated carbocycles. The van der Waals surface area contributed by atoms with Gasteiger partial charge in [0.25, 0.3) is 0 Å². The van der Waals surface area contributed by atoms with Gasteiger partial charge in [0.1, 0.15) is 0 Å². The summed E-state index contributed by atoms with van der Waals surface area (Å²) < 4.78 is 1.18. The molecule has 0 atom stereocenters. The number of pyridine rings is 1. The molecular formula is C18H17IN2. The molecule has 0 unspecified atom stereocenters. The average molecular weight is 388 g/mol. The second-order valence-corrected chi connectivity index (χ2v) is 6.15. The largest absolute Gasteiger partial charge is 0.384 e. The molecule has 0 aliphatic carbocycles. The number of nitrogens with one attached hydrogen (secondary N) is 1. The monoisotopic (exact) mass is 388 g/mol. The van der Waals surface area contributed by atoms with Crippen molar-refractivity contribution in [2.75, 3.05) is 11.9 Å². The van der Waals surface area contributed by atoms with Crippen LogP contribution in [0.3, 0.4) is 0 Å². The summed E-state index contributed by atoms with van der Waals surface area (Å²) in [6.07, 6.45) is 0. The Morgan fingerprint density at radius 3 is 2.52 bits per heavy atom. The Kier molecular flexibility index (Phi) is 4.10. The topological polar surface area (TPSA) is 24.9 Å². The number of para-hydroxylation sites is 1. The Bertz CT molecular complexity index is 782. The van der Waals surface area contributed by atoms with Crippen LogP contribution in [0.1, 0.15) is 12.5 Å². The highest BCUT2D eigenvalue weighted by Crippen LogP contribution is 2.34. The van der Waals surface area contributed by atoms with Gasteiger partial charge in [-0.2, -0.15) is 0 Å². The zero-order valence-electron chi connectivity index (χ0n) is 12.2. The highest BCUT2D eigenvalue weighted by Gasteiger charge is 2.14. The molecule has 0 fully saturated rings. The molecule has 0 amide bonds. The van der Waals surface area contributed by atoms with Gasteiger partial charge in [-0.1, -0.05) is 42.5 Å². The van der Waals surface area contributed by atoms with Crippen molar-refractivity contribution in [1.29, 1.82) is 0 Å². The maximum Gasteiger partial charge on any atom is 0.0863 e. The molecule has 2 aromatic carbocycles. The van der Waals surface area contributed by atoms with Crippen LogP contribution in [0.4, 0.5) is 5.69 Å². The molecule has 2 nitrogen and oxygen atoms in total. The van der Waals surface area contributed by atoms with Crippen molar-refractivity contribution in [2.24, 2.45) is 0 Å². The Labute approximate surface area is 138 Å². The van der Waals surface area contributed by atoms with Crippen molar-refractivity contribution >= 4 is 39.2 Å². The van der Waals surface area contributed by atoms with E-state index in [0.717, 1.165) is 23.3 Å². The van der Waals surface area contributed by atoms with Gasteiger partial charge in [-0.3, -0.25) is 0 Å². The fraction of sp³-hybridized carbons (Fsp3) is 0.167. The summed E-state index contributed by atoms with van der Waals surface area (Å²) >= 11 is 2.36. The Morgan fingerprint density at radius 1 is 1.05 bits per heavy atom. The zero-order chi connectivity index (χ0) is 14.8. The van der Waals surface area contributed by atoms with Gasteiger partial charge >= 0.3 is 0 Å². The summed E-state index contributed by atoms with van der Waals surface area (Å²) in [5.74, 6) is 0. The van der Waals surface area contributed by atoms with Crippen molar-refractivity contribution in [3.05, 3.63) is 57.7 Å². The quantitative estimate of drug-likeness (QED) is 0.621. The van der Waals surface area contributed by atoms with Gasteiger partial charge in [-0.15, -0.1) is 0 Å². The second-order valence-electron chi connectivity index (χ2n) is 4.99. The molecule has 21 heavy (non-hydrogen) atoms. The predicted octanol–water partition coefficient (Wildman–Crippen LogP) is 5.25. The van der Waals surface area contributed by atoms with Gasteiger partial charge in [0.15, 0.2) is 0 Å². The lowest BCUT2D eigenvalue weighted by atomic mass is 10.0. The van der Waals surface area contributed by atoms with Gasteiger partial charge in [0, 0.05) is 26.8 Å². The first-order valence-corrected chi connectivity index (χ1v) is 8.18. The van der Waals surface area contributed by atoms with Crippen molar-refractivity contribution < 1.29 is 0 Å². The van der Waals surface area contributed by atoms with Crippen molar-refractivity contribution in [1.82, 2.24) is 4.98 Å². The molecule has 0 saturated heterocycles. The fourth-order valence-corrected chi connectivity index (χ4v) is 3.25. The third-order valence-corrected chi connectivity index (χ3v) is 4.48. The summed E-state index contributed by atoms with van der Waals surface area (Å²) in [5, 5.41) is 4.71. The normalized spacial score (nSPS) is 10.8. The van der Waals surface area contributed by atoms with Crippen LogP contribution >= 0.6 is 22.6 Å². The second kappa shape index (κ2) is 6.02. The van der Waals surface area contributed by atoms with E-state index in [9.17, 15) is 0 Å². The summed E-state index contributed by atoms with van der Waals surface area (Å²) in [7, 11) is 0. The van der Waals surface area contributed by atoms with E-state index in [1.165, 1.54) is 20.2 Å². The molecule has 3 rings (SSSR count). The number of rotatable bonds is 3. The molecule has 3 heteroatoms. The van der Waals surface area contributed by atoms with Crippen LogP contribution < -0.4 is 5.32 Å². The number of hydrogen-bond donors (Lipinski definition) is 1. The number of hydrogen-bond acceptors (Lipinski definition) is 2. The van der Waals surface area contributed by atoms with Crippen LogP contribution in [0.2, 0.25) is 0 Å². The number of nitrogens with zero attached hydrogens (tertiary/aromatic N) is 1. The van der Waals surface area contributed by atoms with E-state index in [0.29, 0.717) is 0 Å². The van der Waals surface area contributed by atoms with E-state index < -0.39 is 0 Å². The third-order valence-electron chi connectivity index (χ3n) is 3.61. The van der Waals surface area contributed by atoms with E-state index in [2.05, 4.69) is 84.2 Å². The van der Waals surface area contributed by atoms with Crippen LogP contribution in [-0.4, -0.2) is 11.5 Å². The Morgan fingerprint density at radius 2 is 1.81 bits per heavy atom. The minimum Gasteiger partial charge on any atom is -0.384 e. The number of anilines is 1. The summed E-state index contributed by atoms with van der Waals surface area (Å²) in [6.45, 7) is 5.17. The first-order valence-electron chi connectivity index (χ1n) is 7.10. The molecular weight excluding hydrogens is 371 g/mol. The zero-order valence-corrected chi connectivity index (χ0v) is 14.3. The SMILES string of the molecule is CCNc1c(C)c(-c2ccccc2)nc2c(I)cccc12. The van der Waals surface area contributed by atoms with E-state index in [4.69, 9.17) is 4.98 Å². The molecule has 0 radical (unpaired) electrons. The number of benzene rings is 2. The predicted molar refractivity (Wildman–Crippen MR) is 98.8 cm³/mol. The number of fused-ring (bicyclic) bond motifs is 1. The van der Waals surface area contributed by atoms with Gasteiger partial charge in [-0.05, 0) is 48.1 Å². The molecule has 0 spiro atoms. The lowest BCUT2D eigenvalue weighted by molar-refractivity contribution is 1.20. The summed E-state index contributed by atoms with van der Waals surface area (Å²) in [6, 6.07) is 16.7. The van der Waals surface area contributed by atoms with Crippen molar-refractivity contribution in [3.8, 4) is 11.3 Å². The van der Waals surface area contributed by atoms with Crippen molar-refractivity contribution in [3.63, 3.8) is 0 Å². The summed E-state index contributed by atoms with van der Waals surface area (Å²) in [5.41, 5.74) is 5.69. The molecule has 106 valence electrons. The van der Waals surface area contributed by atoms with Gasteiger partial charge < -0.3 is 5.32 Å². The molecule has 0 aliphatic heterocycles. The first kappa shape index (κ1) is 14.3. The molecule has 1 aromatic heterocycles. The van der Waals surface area contributed by atoms with Crippen LogP contribution in [0, 0.1) is 10.5 Å². The number of aromatic nitrogens is 1. The highest BCUT2D eigenvalue weighted by molar-refractivity contribution is 14.1. The Hall–Kier alpha value is -1.62. The maximum absolute atomic E-state index is 4.94. The number of halogens is 1. The van der Waals surface area contributed by atoms with Crippen LogP contribution in [-0.2, 0) is 0 Å². The standard InChI is InChI=1S/C18H17IN2/c1-3-20-17-12(2)16(13-8-5-4-6-9-13)21-18-14(17)10-7-11-15(18)19/h4-11H,3H2,1-2H3,(H,20,21). The minimum atomic E-state index is 0.902. The van der Waals surface area contributed by atoms with Gasteiger partial charge in [0.05, 0.1) is 11.2 Å².